The number of carboxylic acids is 1. The Morgan fingerprint density at radius 2 is 1.48 bits per heavy atom. The molecule has 2 radical (unpaired) electrons. The molecule has 1 aromatic rings. The van der Waals surface area contributed by atoms with Crippen LogP contribution < -0.4 is 3.51 Å². The van der Waals surface area contributed by atoms with Gasteiger partial charge in [0.15, 0.2) is 6.10 Å². The molecule has 0 spiro atoms. The van der Waals surface area contributed by atoms with Crippen molar-refractivity contribution >= 4 is 32.5 Å². The number of aliphatic carboxylic acids is 1. The molecule has 0 heterocycles. The molecule has 0 aliphatic heterocycles. The topological polar surface area (TPSA) is 201 Å². The Morgan fingerprint density at radius 1 is 1.04 bits per heavy atom. The van der Waals surface area contributed by atoms with E-state index >= 15 is 0 Å². The second-order valence-corrected chi connectivity index (χ2v) is 5.82. The largest absolute Gasteiger partial charge is 0.479 e. The van der Waals surface area contributed by atoms with Gasteiger partial charge in [0.05, 0.1) is 6.61 Å². The summed E-state index contributed by atoms with van der Waals surface area (Å²) in [7, 11) is 0. The van der Waals surface area contributed by atoms with Crippen molar-refractivity contribution in [3.8, 4) is 0 Å². The van der Waals surface area contributed by atoms with Crippen LogP contribution in [0.15, 0.2) is 24.3 Å². The van der Waals surface area contributed by atoms with Crippen molar-refractivity contribution in [2.24, 2.45) is 0 Å². The minimum absolute atomic E-state index is 0. The van der Waals surface area contributed by atoms with Crippen molar-refractivity contribution in [1.29, 1.82) is 0 Å². The second-order valence-electron chi connectivity index (χ2n) is 4.35. The van der Waals surface area contributed by atoms with Crippen LogP contribution in [0.2, 0.25) is 0 Å². The number of aliphatic hydroxyl groups is 5. The van der Waals surface area contributed by atoms with Gasteiger partial charge in [-0.25, -0.2) is 4.79 Å². The van der Waals surface area contributed by atoms with Gasteiger partial charge in [-0.15, -0.1) is 0 Å². The summed E-state index contributed by atoms with van der Waals surface area (Å²) >= 11 is 1.76. The van der Waals surface area contributed by atoms with E-state index in [-0.39, 0.29) is 11.0 Å². The maximum Gasteiger partial charge on any atom is 0.335 e. The SMILES string of the molecule is Cc1cc[c]([Sb])cc1.O.O.O=C(O)C(O)C(O)C(O)C(O)CO. The summed E-state index contributed by atoms with van der Waals surface area (Å²) in [6, 6.07) is 8.55. The van der Waals surface area contributed by atoms with Crippen molar-refractivity contribution in [1.82, 2.24) is 0 Å². The normalized spacial score (nSPS) is 14.7. The van der Waals surface area contributed by atoms with Crippen LogP contribution in [0.4, 0.5) is 0 Å². The number of carboxylic acid groups (broad SMARTS) is 1. The van der Waals surface area contributed by atoms with Gasteiger partial charge in [0.2, 0.25) is 0 Å². The van der Waals surface area contributed by atoms with Crippen LogP contribution in [-0.2, 0) is 4.79 Å². The summed E-state index contributed by atoms with van der Waals surface area (Å²) in [6.07, 6.45) is -7.84. The second kappa shape index (κ2) is 13.6. The molecule has 4 unspecified atom stereocenters. The quantitative estimate of drug-likeness (QED) is 0.246. The molecule has 0 aromatic heterocycles. The molecule has 0 aliphatic carbocycles. The van der Waals surface area contributed by atoms with Gasteiger partial charge in [0.1, 0.15) is 18.3 Å². The third-order valence-electron chi connectivity index (χ3n) is 2.54. The van der Waals surface area contributed by atoms with E-state index in [0.29, 0.717) is 0 Å². The summed E-state index contributed by atoms with van der Waals surface area (Å²) in [5.41, 5.74) is 1.34. The molecule has 10 N–H and O–H groups in total. The monoisotopic (exact) mass is 444 g/mol. The first-order valence-electron chi connectivity index (χ1n) is 6.02. The summed E-state index contributed by atoms with van der Waals surface area (Å²) in [4.78, 5) is 10.1. The number of aryl methyl sites for hydroxylation is 1. The van der Waals surface area contributed by atoms with Crippen LogP contribution in [0, 0.1) is 6.92 Å². The first-order chi connectivity index (χ1) is 9.70. The molecule has 134 valence electrons. The zero-order valence-electron chi connectivity index (χ0n) is 12.4. The summed E-state index contributed by atoms with van der Waals surface area (Å²) in [5.74, 6) is -1.73. The van der Waals surface area contributed by atoms with Gasteiger partial charge in [0.25, 0.3) is 0 Å². The Labute approximate surface area is 146 Å². The molecule has 10 heteroatoms. The predicted molar refractivity (Wildman–Crippen MR) is 82.5 cm³/mol. The van der Waals surface area contributed by atoms with E-state index in [4.69, 9.17) is 30.6 Å². The van der Waals surface area contributed by atoms with E-state index in [9.17, 15) is 4.79 Å². The fourth-order valence-corrected chi connectivity index (χ4v) is 1.64. The molecule has 1 rings (SSSR count). The van der Waals surface area contributed by atoms with Gasteiger partial charge < -0.3 is 41.6 Å². The van der Waals surface area contributed by atoms with Gasteiger partial charge in [0, 0.05) is 0 Å². The number of carbonyl (C=O) groups is 1. The first kappa shape index (κ1) is 27.1. The molecule has 9 nitrogen and oxygen atoms in total. The number of hydrogen-bond acceptors (Lipinski definition) is 6. The van der Waals surface area contributed by atoms with Gasteiger partial charge in [-0.05, 0) is 0 Å². The fraction of sp³-hybridized carbons (Fsp3) is 0.462. The zero-order chi connectivity index (χ0) is 16.6. The van der Waals surface area contributed by atoms with Crippen LogP contribution in [0.1, 0.15) is 5.56 Å². The first-order valence-corrected chi connectivity index (χ1v) is 7.30. The molecule has 1 aromatic carbocycles. The van der Waals surface area contributed by atoms with Gasteiger partial charge >= 0.3 is 69.3 Å². The Bertz CT molecular complexity index is 405. The standard InChI is InChI=1S/C7H7.C6H12O7.2H2O.Sb/c1-7-5-3-2-4-6-7;7-1-2(8)3(9)4(10)5(11)6(12)13;;;/h3-6H,1H3;2-5,7-11H,1H2,(H,12,13);2*1H2;. The molecule has 0 saturated carbocycles. The van der Waals surface area contributed by atoms with E-state index < -0.39 is 37.0 Å². The Balaban J connectivity index is -0.000000347. The van der Waals surface area contributed by atoms with E-state index in [2.05, 4.69) is 31.2 Å². The maximum absolute atomic E-state index is 10.1. The Kier molecular flexibility index (Phi) is 16.1. The average Bonchev–Trinajstić information content (AvgIpc) is 2.47. The van der Waals surface area contributed by atoms with E-state index in [1.54, 1.807) is 23.0 Å². The van der Waals surface area contributed by atoms with Crippen LogP contribution in [-0.4, -0.2) is 102 Å². The molecule has 23 heavy (non-hydrogen) atoms. The number of benzene rings is 1. The predicted octanol–water partition coefficient (Wildman–Crippen LogP) is -4.35. The summed E-state index contributed by atoms with van der Waals surface area (Å²) in [5, 5.41) is 51.8. The minimum Gasteiger partial charge on any atom is -0.479 e. The summed E-state index contributed by atoms with van der Waals surface area (Å²) in [6.45, 7) is 1.26. The van der Waals surface area contributed by atoms with E-state index in [0.717, 1.165) is 0 Å². The number of aliphatic hydroxyl groups excluding tert-OH is 5. The molecule has 0 saturated heterocycles. The zero-order valence-corrected chi connectivity index (χ0v) is 14.9. The molecule has 4 atom stereocenters. The van der Waals surface area contributed by atoms with Crippen LogP contribution >= 0.6 is 0 Å². The molecule has 0 amide bonds. The molecule has 0 aliphatic rings. The van der Waals surface area contributed by atoms with Crippen molar-refractivity contribution in [3.63, 3.8) is 0 Å². The van der Waals surface area contributed by atoms with Crippen LogP contribution in [0.3, 0.4) is 0 Å². The van der Waals surface area contributed by atoms with Crippen molar-refractivity contribution in [3.05, 3.63) is 29.8 Å². The van der Waals surface area contributed by atoms with Crippen molar-refractivity contribution in [2.45, 2.75) is 31.3 Å². The molecular formula is C13H23O9Sb. The molecular weight excluding hydrogens is 422 g/mol. The summed E-state index contributed by atoms with van der Waals surface area (Å²) < 4.78 is 1.38. The minimum atomic E-state index is -2.20. The van der Waals surface area contributed by atoms with E-state index in [1.165, 1.54) is 9.07 Å². The Hall–Kier alpha value is -0.772. The van der Waals surface area contributed by atoms with Gasteiger partial charge in [-0.1, -0.05) is 0 Å². The molecule has 0 fully saturated rings. The van der Waals surface area contributed by atoms with E-state index in [1.807, 2.05) is 0 Å². The maximum atomic E-state index is 10.1. The average molecular weight is 445 g/mol. The number of rotatable bonds is 5. The smallest absolute Gasteiger partial charge is 0.335 e. The molecule has 0 bridgehead atoms. The third kappa shape index (κ3) is 10.6. The number of hydrogen-bond donors (Lipinski definition) is 6. The van der Waals surface area contributed by atoms with Crippen LogP contribution in [0.25, 0.3) is 0 Å². The Morgan fingerprint density at radius 3 is 1.78 bits per heavy atom. The fourth-order valence-electron chi connectivity index (χ4n) is 1.21. The van der Waals surface area contributed by atoms with Crippen molar-refractivity contribution in [2.75, 3.05) is 6.61 Å². The van der Waals surface area contributed by atoms with Crippen molar-refractivity contribution < 1.29 is 46.4 Å². The van der Waals surface area contributed by atoms with Crippen LogP contribution in [0.5, 0.6) is 0 Å². The van der Waals surface area contributed by atoms with Gasteiger partial charge in [-0.2, -0.15) is 0 Å². The van der Waals surface area contributed by atoms with Gasteiger partial charge in [-0.3, -0.25) is 0 Å². The third-order valence-corrected chi connectivity index (χ3v) is 3.39.